The van der Waals surface area contributed by atoms with Crippen LogP contribution in [-0.4, -0.2) is 28.5 Å². The van der Waals surface area contributed by atoms with Crippen LogP contribution in [0.3, 0.4) is 0 Å². The molecule has 0 spiro atoms. The number of thiophene rings is 1. The van der Waals surface area contributed by atoms with Crippen LogP contribution < -0.4 is 4.90 Å². The molecule has 33 heavy (non-hydrogen) atoms. The van der Waals surface area contributed by atoms with E-state index in [1.54, 1.807) is 18.2 Å². The maximum Gasteiger partial charge on any atom is 0.240 e. The number of anilines is 1. The molecule has 5 nitrogen and oxygen atoms in total. The quantitative estimate of drug-likeness (QED) is 0.358. The van der Waals surface area contributed by atoms with E-state index >= 15 is 0 Å². The monoisotopic (exact) mass is 494 g/mol. The van der Waals surface area contributed by atoms with Crippen molar-refractivity contribution in [1.82, 2.24) is 4.90 Å². The predicted molar refractivity (Wildman–Crippen MR) is 128 cm³/mol. The second kappa shape index (κ2) is 7.55. The van der Waals surface area contributed by atoms with E-state index in [4.69, 9.17) is 23.2 Å². The second-order valence-corrected chi connectivity index (χ2v) is 10.1. The molecule has 164 valence electrons. The molecule has 0 N–H and O–H groups in total. The number of hydrogen-bond acceptors (Lipinski definition) is 5. The van der Waals surface area contributed by atoms with Crippen molar-refractivity contribution in [3.8, 4) is 0 Å². The number of Topliss-reactive ketones (excluding diaryl/α,β-unsaturated/α-hetero) is 1. The summed E-state index contributed by atoms with van der Waals surface area (Å²) in [6, 6.07) is 14.8. The smallest absolute Gasteiger partial charge is 0.240 e. The average molecular weight is 495 g/mol. The fourth-order valence-corrected chi connectivity index (χ4v) is 6.51. The molecule has 8 heteroatoms. The highest BCUT2D eigenvalue weighted by molar-refractivity contribution is 7.12. The molecule has 4 heterocycles. The molecule has 4 unspecified atom stereocenters. The van der Waals surface area contributed by atoms with Gasteiger partial charge in [-0.1, -0.05) is 53.5 Å². The zero-order valence-electron chi connectivity index (χ0n) is 17.0. The summed E-state index contributed by atoms with van der Waals surface area (Å²) in [6.07, 6.45) is 3.78. The van der Waals surface area contributed by atoms with Crippen molar-refractivity contribution in [3.63, 3.8) is 0 Å². The highest BCUT2D eigenvalue weighted by Crippen LogP contribution is 2.54. The molecule has 2 aromatic carbocycles. The van der Waals surface area contributed by atoms with Crippen molar-refractivity contribution in [2.24, 2.45) is 11.8 Å². The van der Waals surface area contributed by atoms with Crippen LogP contribution in [0.4, 0.5) is 5.69 Å². The molecule has 2 amide bonds. The summed E-state index contributed by atoms with van der Waals surface area (Å²) in [5.74, 6) is -2.44. The topological polar surface area (TPSA) is 57.7 Å². The molecule has 1 aromatic heterocycles. The zero-order chi connectivity index (χ0) is 22.9. The third kappa shape index (κ3) is 2.94. The first kappa shape index (κ1) is 20.7. The van der Waals surface area contributed by atoms with E-state index in [0.29, 0.717) is 15.6 Å². The lowest BCUT2D eigenvalue weighted by molar-refractivity contribution is -0.123. The summed E-state index contributed by atoms with van der Waals surface area (Å²) in [7, 11) is 0. The average Bonchev–Trinajstić information content (AvgIpc) is 3.51. The minimum Gasteiger partial charge on any atom is -0.358 e. The molecule has 3 aromatic rings. The Kier molecular flexibility index (Phi) is 4.73. The highest BCUT2D eigenvalue weighted by Gasteiger charge is 2.64. The van der Waals surface area contributed by atoms with E-state index in [1.165, 1.54) is 17.4 Å². The van der Waals surface area contributed by atoms with Crippen LogP contribution >= 0.6 is 34.5 Å². The molecule has 2 saturated heterocycles. The Morgan fingerprint density at radius 3 is 2.48 bits per heavy atom. The van der Waals surface area contributed by atoms with Gasteiger partial charge in [-0.2, -0.15) is 0 Å². The van der Waals surface area contributed by atoms with Crippen LogP contribution in [0.25, 0.3) is 6.08 Å². The lowest BCUT2D eigenvalue weighted by Crippen LogP contribution is -2.44. The summed E-state index contributed by atoms with van der Waals surface area (Å²) in [6.45, 7) is 0. The Hall–Kier alpha value is -2.93. The summed E-state index contributed by atoms with van der Waals surface area (Å²) in [5.41, 5.74) is 2.20. The maximum absolute atomic E-state index is 13.8. The zero-order valence-corrected chi connectivity index (χ0v) is 19.3. The molecular weight excluding hydrogens is 479 g/mol. The number of nitrogens with zero attached hydrogens (tertiary/aromatic N) is 2. The van der Waals surface area contributed by atoms with E-state index in [9.17, 15) is 14.4 Å². The van der Waals surface area contributed by atoms with Crippen molar-refractivity contribution in [3.05, 3.63) is 92.2 Å². The van der Waals surface area contributed by atoms with Gasteiger partial charge in [0.05, 0.1) is 33.5 Å². The Balaban J connectivity index is 1.51. The van der Waals surface area contributed by atoms with Crippen LogP contribution in [0.1, 0.15) is 26.8 Å². The number of carbonyl (C=O) groups is 3. The van der Waals surface area contributed by atoms with E-state index in [0.717, 1.165) is 16.0 Å². The summed E-state index contributed by atoms with van der Waals surface area (Å²) < 4.78 is 0. The van der Waals surface area contributed by atoms with Gasteiger partial charge in [0.15, 0.2) is 5.78 Å². The minimum atomic E-state index is -0.820. The molecule has 2 fully saturated rings. The molecule has 6 rings (SSSR count). The highest BCUT2D eigenvalue weighted by atomic mass is 35.5. The number of benzene rings is 2. The molecular formula is C25H16Cl2N2O3S. The van der Waals surface area contributed by atoms with Gasteiger partial charge >= 0.3 is 0 Å². The molecule has 0 radical (unpaired) electrons. The molecule has 0 saturated carbocycles. The first-order valence-electron chi connectivity index (χ1n) is 10.4. The van der Waals surface area contributed by atoms with Crippen molar-refractivity contribution in [2.45, 2.75) is 12.1 Å². The summed E-state index contributed by atoms with van der Waals surface area (Å²) in [4.78, 5) is 44.8. The predicted octanol–water partition coefficient (Wildman–Crippen LogP) is 5.45. The number of ketones is 1. The first-order valence-corrected chi connectivity index (χ1v) is 12.1. The number of fused-ring (bicyclic) bond motifs is 5. The fraction of sp³-hybridized carbons (Fsp3) is 0.160. The maximum atomic E-state index is 13.8. The minimum absolute atomic E-state index is 0.156. The number of amides is 2. The molecule has 3 aliphatic heterocycles. The standard InChI is InChI=1S/C25H16Cl2N2O3S/c26-14-7-8-17(16(27)12-14)29-24(31)19-20(25(29)32)22(23(30)18-6-3-11-33-18)28-10-9-13-4-1-2-5-15(13)21(19)28/h1-12,19-22H. The summed E-state index contributed by atoms with van der Waals surface area (Å²) >= 11 is 13.7. The lowest BCUT2D eigenvalue weighted by atomic mass is 9.84. The molecule has 3 aliphatic rings. The number of carbonyl (C=O) groups excluding carboxylic acids is 3. The van der Waals surface area contributed by atoms with Gasteiger partial charge in [-0.3, -0.25) is 14.4 Å². The van der Waals surface area contributed by atoms with Gasteiger partial charge in [0.2, 0.25) is 11.8 Å². The molecule has 0 aliphatic carbocycles. The number of halogens is 2. The van der Waals surface area contributed by atoms with Crippen molar-refractivity contribution in [2.75, 3.05) is 4.90 Å². The van der Waals surface area contributed by atoms with Gasteiger partial charge < -0.3 is 4.90 Å². The van der Waals surface area contributed by atoms with Gasteiger partial charge in [0.1, 0.15) is 6.04 Å². The Morgan fingerprint density at radius 2 is 1.73 bits per heavy atom. The first-order chi connectivity index (χ1) is 16.0. The number of hydrogen-bond donors (Lipinski definition) is 0. The number of imide groups is 1. The third-order valence-electron chi connectivity index (χ3n) is 6.64. The fourth-order valence-electron chi connectivity index (χ4n) is 5.32. The van der Waals surface area contributed by atoms with Crippen molar-refractivity contribution < 1.29 is 14.4 Å². The van der Waals surface area contributed by atoms with Gasteiger partial charge in [-0.05, 0) is 46.8 Å². The normalized spacial score (nSPS) is 25.3. The van der Waals surface area contributed by atoms with Crippen LogP contribution in [0.5, 0.6) is 0 Å². The SMILES string of the molecule is O=C(c1cccs1)C1C2C(=O)N(c3ccc(Cl)cc3Cl)C(=O)C2C2c3ccccc3C=CN12. The Labute approximate surface area is 203 Å². The van der Waals surface area contributed by atoms with E-state index in [-0.39, 0.29) is 16.7 Å². The van der Waals surface area contributed by atoms with E-state index in [2.05, 4.69) is 0 Å². The second-order valence-electron chi connectivity index (χ2n) is 8.28. The van der Waals surface area contributed by atoms with Crippen molar-refractivity contribution >= 4 is 63.9 Å². The number of rotatable bonds is 3. The third-order valence-corrected chi connectivity index (χ3v) is 8.07. The van der Waals surface area contributed by atoms with Crippen LogP contribution in [0, 0.1) is 11.8 Å². The van der Waals surface area contributed by atoms with E-state index < -0.39 is 29.8 Å². The largest absolute Gasteiger partial charge is 0.358 e. The van der Waals surface area contributed by atoms with Crippen LogP contribution in [0.15, 0.2) is 66.2 Å². The molecule has 4 atom stereocenters. The van der Waals surface area contributed by atoms with Gasteiger partial charge in [-0.25, -0.2) is 4.90 Å². The van der Waals surface area contributed by atoms with Crippen LogP contribution in [0.2, 0.25) is 10.0 Å². The van der Waals surface area contributed by atoms with Crippen molar-refractivity contribution in [1.29, 1.82) is 0 Å². The summed E-state index contributed by atoms with van der Waals surface area (Å²) in [5, 5.41) is 2.46. The molecule has 0 bridgehead atoms. The Morgan fingerprint density at radius 1 is 0.939 bits per heavy atom. The Bertz CT molecular complexity index is 1350. The van der Waals surface area contributed by atoms with Gasteiger partial charge in [0.25, 0.3) is 0 Å². The van der Waals surface area contributed by atoms with E-state index in [1.807, 2.05) is 52.9 Å². The van der Waals surface area contributed by atoms with Gasteiger partial charge in [0, 0.05) is 11.2 Å². The lowest BCUT2D eigenvalue weighted by Gasteiger charge is -2.35. The van der Waals surface area contributed by atoms with Gasteiger partial charge in [-0.15, -0.1) is 11.3 Å². The van der Waals surface area contributed by atoms with Crippen LogP contribution in [-0.2, 0) is 9.59 Å².